The molecule has 4 atom stereocenters. The first-order chi connectivity index (χ1) is 12.1. The van der Waals surface area contributed by atoms with E-state index in [2.05, 4.69) is 32.1 Å². The van der Waals surface area contributed by atoms with Crippen molar-refractivity contribution in [3.8, 4) is 0 Å². The summed E-state index contributed by atoms with van der Waals surface area (Å²) >= 11 is 0. The van der Waals surface area contributed by atoms with Crippen LogP contribution >= 0.6 is 0 Å². The smallest absolute Gasteiger partial charge is 0.168 e. The standard InChI is InChI=1S/C23H28O2/c1-3-4-5-6-7-9-15-10-8-11-17-18(15)22(25)19-16-12-13-23(2,14-16)20(19)21(17)24/h8,10-13,16,19-20H,3-7,9,14H2,1-2H3. The Kier molecular flexibility index (Phi) is 4.17. The first kappa shape index (κ1) is 16.8. The summed E-state index contributed by atoms with van der Waals surface area (Å²) in [6.45, 7) is 4.38. The molecule has 3 aliphatic carbocycles. The zero-order chi connectivity index (χ0) is 17.6. The van der Waals surface area contributed by atoms with E-state index in [9.17, 15) is 9.59 Å². The number of Topliss-reactive ketones (excluding diaryl/α,β-unsaturated/α-hetero) is 2. The molecule has 0 heterocycles. The van der Waals surface area contributed by atoms with E-state index in [1.165, 1.54) is 25.7 Å². The summed E-state index contributed by atoms with van der Waals surface area (Å²) in [4.78, 5) is 26.6. The third-order valence-electron chi connectivity index (χ3n) is 6.73. The summed E-state index contributed by atoms with van der Waals surface area (Å²) in [6.07, 6.45) is 12.3. The minimum Gasteiger partial charge on any atom is -0.294 e. The number of benzene rings is 1. The zero-order valence-corrected chi connectivity index (χ0v) is 15.4. The molecule has 4 rings (SSSR count). The number of carbonyl (C=O) groups excluding carboxylic acids is 2. The molecule has 0 aromatic heterocycles. The maximum absolute atomic E-state index is 13.3. The summed E-state index contributed by atoms with van der Waals surface area (Å²) in [5, 5.41) is 0. The van der Waals surface area contributed by atoms with Crippen LogP contribution in [0.1, 0.15) is 78.7 Å². The number of ketones is 2. The maximum Gasteiger partial charge on any atom is 0.168 e. The molecule has 2 bridgehead atoms. The van der Waals surface area contributed by atoms with E-state index in [1.54, 1.807) is 0 Å². The molecule has 2 nitrogen and oxygen atoms in total. The van der Waals surface area contributed by atoms with Gasteiger partial charge in [0.1, 0.15) is 0 Å². The second-order valence-corrected chi connectivity index (χ2v) is 8.47. The summed E-state index contributed by atoms with van der Waals surface area (Å²) in [7, 11) is 0. The highest BCUT2D eigenvalue weighted by molar-refractivity contribution is 6.17. The van der Waals surface area contributed by atoms with E-state index in [-0.39, 0.29) is 34.7 Å². The SMILES string of the molecule is CCCCCCCc1cccc2c1C(=O)C1C3C=CC(C)(C3)C1C2=O. The van der Waals surface area contributed by atoms with Gasteiger partial charge in [0.05, 0.1) is 0 Å². The Morgan fingerprint density at radius 3 is 2.68 bits per heavy atom. The van der Waals surface area contributed by atoms with E-state index >= 15 is 0 Å². The van der Waals surface area contributed by atoms with Gasteiger partial charge in [-0.2, -0.15) is 0 Å². The third-order valence-corrected chi connectivity index (χ3v) is 6.73. The molecule has 1 aromatic rings. The normalized spacial score (nSPS) is 32.2. The van der Waals surface area contributed by atoms with Crippen molar-refractivity contribution >= 4 is 11.6 Å². The van der Waals surface area contributed by atoms with Crippen molar-refractivity contribution in [2.45, 2.75) is 58.8 Å². The predicted molar refractivity (Wildman–Crippen MR) is 99.9 cm³/mol. The predicted octanol–water partition coefficient (Wildman–Crippen LogP) is 5.41. The van der Waals surface area contributed by atoms with Crippen molar-refractivity contribution in [1.82, 2.24) is 0 Å². The second kappa shape index (κ2) is 6.23. The van der Waals surface area contributed by atoms with Crippen LogP contribution in [0.4, 0.5) is 0 Å². The largest absolute Gasteiger partial charge is 0.294 e. The fourth-order valence-electron chi connectivity index (χ4n) is 5.49. The van der Waals surface area contributed by atoms with Crippen LogP contribution in [-0.4, -0.2) is 11.6 Å². The first-order valence-electron chi connectivity index (χ1n) is 9.96. The van der Waals surface area contributed by atoms with Crippen molar-refractivity contribution in [2.24, 2.45) is 23.2 Å². The van der Waals surface area contributed by atoms with Crippen molar-refractivity contribution in [3.05, 3.63) is 47.0 Å². The van der Waals surface area contributed by atoms with E-state index < -0.39 is 0 Å². The number of rotatable bonds is 6. The molecule has 0 N–H and O–H groups in total. The van der Waals surface area contributed by atoms with Crippen LogP contribution < -0.4 is 0 Å². The van der Waals surface area contributed by atoms with Crippen LogP contribution in [0.2, 0.25) is 0 Å². The molecule has 3 aliphatic rings. The van der Waals surface area contributed by atoms with Gasteiger partial charge in [0.25, 0.3) is 0 Å². The molecule has 25 heavy (non-hydrogen) atoms. The van der Waals surface area contributed by atoms with Crippen LogP contribution in [0.15, 0.2) is 30.4 Å². The highest BCUT2D eigenvalue weighted by Crippen LogP contribution is 2.59. The zero-order valence-electron chi connectivity index (χ0n) is 15.4. The van der Waals surface area contributed by atoms with E-state index in [4.69, 9.17) is 0 Å². The van der Waals surface area contributed by atoms with Gasteiger partial charge in [-0.1, -0.05) is 69.9 Å². The highest BCUT2D eigenvalue weighted by Gasteiger charge is 2.60. The molecule has 2 heteroatoms. The van der Waals surface area contributed by atoms with Gasteiger partial charge in [0.15, 0.2) is 11.6 Å². The number of aryl methyl sites for hydroxylation is 1. The van der Waals surface area contributed by atoms with Gasteiger partial charge < -0.3 is 0 Å². The minimum atomic E-state index is -0.137. The Bertz CT molecular complexity index is 744. The highest BCUT2D eigenvalue weighted by atomic mass is 16.1. The average molecular weight is 336 g/mol. The van der Waals surface area contributed by atoms with Gasteiger partial charge in [0.2, 0.25) is 0 Å². The lowest BCUT2D eigenvalue weighted by molar-refractivity contribution is 0.0675. The summed E-state index contributed by atoms with van der Waals surface area (Å²) < 4.78 is 0. The molecule has 1 aromatic carbocycles. The van der Waals surface area contributed by atoms with E-state index in [1.807, 2.05) is 12.1 Å². The fourth-order valence-corrected chi connectivity index (χ4v) is 5.49. The lowest BCUT2D eigenvalue weighted by Gasteiger charge is -2.36. The van der Waals surface area contributed by atoms with Gasteiger partial charge in [-0.05, 0) is 36.2 Å². The molecule has 0 amide bonds. The quantitative estimate of drug-likeness (QED) is 0.514. The Hall–Kier alpha value is -1.70. The Balaban J connectivity index is 1.63. The number of hydrogen-bond donors (Lipinski definition) is 0. The number of allylic oxidation sites excluding steroid dienone is 2. The monoisotopic (exact) mass is 336 g/mol. The number of hydrogen-bond acceptors (Lipinski definition) is 2. The Morgan fingerprint density at radius 1 is 1.08 bits per heavy atom. The maximum atomic E-state index is 13.3. The Morgan fingerprint density at radius 2 is 1.88 bits per heavy atom. The van der Waals surface area contributed by atoms with Gasteiger partial charge in [-0.3, -0.25) is 9.59 Å². The van der Waals surface area contributed by atoms with Crippen LogP contribution in [0, 0.1) is 23.2 Å². The number of unbranched alkanes of at least 4 members (excludes halogenated alkanes) is 4. The van der Waals surface area contributed by atoms with Gasteiger partial charge >= 0.3 is 0 Å². The summed E-state index contributed by atoms with van der Waals surface area (Å²) in [6, 6.07) is 5.91. The minimum absolute atomic E-state index is 0.115. The number of fused-ring (bicyclic) bond motifs is 6. The molecule has 0 spiro atoms. The molecule has 1 saturated carbocycles. The van der Waals surface area contributed by atoms with Gasteiger partial charge in [-0.25, -0.2) is 0 Å². The Labute approximate surface area is 150 Å². The molecule has 132 valence electrons. The molecular formula is C23H28O2. The van der Waals surface area contributed by atoms with Gasteiger partial charge in [0, 0.05) is 23.0 Å². The molecule has 4 unspecified atom stereocenters. The molecule has 0 radical (unpaired) electrons. The summed E-state index contributed by atoms with van der Waals surface area (Å²) in [5.41, 5.74) is 2.44. The topological polar surface area (TPSA) is 34.1 Å². The molecule has 1 fully saturated rings. The van der Waals surface area contributed by atoms with Crippen molar-refractivity contribution in [3.63, 3.8) is 0 Å². The average Bonchev–Trinajstić information content (AvgIpc) is 3.13. The lowest BCUT2D eigenvalue weighted by atomic mass is 9.64. The first-order valence-corrected chi connectivity index (χ1v) is 9.96. The van der Waals surface area contributed by atoms with Crippen LogP contribution in [0.5, 0.6) is 0 Å². The molecular weight excluding hydrogens is 308 g/mol. The van der Waals surface area contributed by atoms with E-state index in [0.717, 1.165) is 30.4 Å². The van der Waals surface area contributed by atoms with Crippen LogP contribution in [0.25, 0.3) is 0 Å². The fraction of sp³-hybridized carbons (Fsp3) is 0.565. The van der Waals surface area contributed by atoms with E-state index in [0.29, 0.717) is 5.56 Å². The van der Waals surface area contributed by atoms with Crippen molar-refractivity contribution < 1.29 is 9.59 Å². The molecule has 0 saturated heterocycles. The molecule has 0 aliphatic heterocycles. The third kappa shape index (κ3) is 2.53. The number of carbonyl (C=O) groups is 2. The lowest BCUT2D eigenvalue weighted by Crippen LogP contribution is -2.42. The van der Waals surface area contributed by atoms with Crippen LogP contribution in [-0.2, 0) is 6.42 Å². The second-order valence-electron chi connectivity index (χ2n) is 8.47. The van der Waals surface area contributed by atoms with Crippen molar-refractivity contribution in [1.29, 1.82) is 0 Å². The van der Waals surface area contributed by atoms with Gasteiger partial charge in [-0.15, -0.1) is 0 Å². The van der Waals surface area contributed by atoms with Crippen LogP contribution in [0.3, 0.4) is 0 Å². The van der Waals surface area contributed by atoms with Crippen molar-refractivity contribution in [2.75, 3.05) is 0 Å². The summed E-state index contributed by atoms with van der Waals surface area (Å²) in [5.74, 6) is 0.458.